The van der Waals surface area contributed by atoms with Crippen molar-refractivity contribution in [3.05, 3.63) is 47.2 Å². The summed E-state index contributed by atoms with van der Waals surface area (Å²) in [6.07, 6.45) is 2.04. The highest BCUT2D eigenvalue weighted by Crippen LogP contribution is 2.56. The van der Waals surface area contributed by atoms with E-state index in [1.807, 2.05) is 30.3 Å². The Kier molecular flexibility index (Phi) is 4.91. The van der Waals surface area contributed by atoms with Crippen molar-refractivity contribution in [1.82, 2.24) is 9.78 Å². The number of halogens is 4. The quantitative estimate of drug-likeness (QED) is 0.690. The Morgan fingerprint density at radius 3 is 2.45 bits per heavy atom. The van der Waals surface area contributed by atoms with Crippen LogP contribution in [-0.2, 0) is 18.3 Å². The van der Waals surface area contributed by atoms with Gasteiger partial charge in [-0.05, 0) is 24.3 Å². The maximum atomic E-state index is 13.5. The molecule has 0 aliphatic heterocycles. The Hall–Kier alpha value is -2.38. The molecule has 156 valence electrons. The second-order valence-corrected chi connectivity index (χ2v) is 8.10. The van der Waals surface area contributed by atoms with Gasteiger partial charge < -0.3 is 5.32 Å². The van der Waals surface area contributed by atoms with Crippen molar-refractivity contribution in [3.63, 3.8) is 0 Å². The summed E-state index contributed by atoms with van der Waals surface area (Å²) >= 11 is 0. The zero-order valence-corrected chi connectivity index (χ0v) is 16.1. The summed E-state index contributed by atoms with van der Waals surface area (Å²) in [4.78, 5) is 12.4. The van der Waals surface area contributed by atoms with Gasteiger partial charge in [-0.3, -0.25) is 9.48 Å². The average molecular weight is 409 g/mol. The monoisotopic (exact) mass is 409 g/mol. The van der Waals surface area contributed by atoms with E-state index in [9.17, 15) is 22.4 Å². The lowest BCUT2D eigenvalue weighted by molar-refractivity contribution is -0.313. The van der Waals surface area contributed by atoms with Crippen LogP contribution < -0.4 is 5.32 Å². The third-order valence-corrected chi connectivity index (χ3v) is 6.08. The number of aryl methyl sites for hydroxylation is 1. The number of aromatic nitrogens is 2. The van der Waals surface area contributed by atoms with Crippen LogP contribution in [0.15, 0.2) is 30.3 Å². The molecule has 0 spiro atoms. The van der Waals surface area contributed by atoms with Gasteiger partial charge in [0.15, 0.2) is 0 Å². The fourth-order valence-electron chi connectivity index (χ4n) is 4.14. The first kappa shape index (κ1) is 19.9. The van der Waals surface area contributed by atoms with E-state index in [-0.39, 0.29) is 5.92 Å². The number of amides is 1. The van der Waals surface area contributed by atoms with Gasteiger partial charge in [-0.1, -0.05) is 36.8 Å². The zero-order chi connectivity index (χ0) is 20.8. The molecule has 2 aliphatic rings. The SMILES string of the molecule is Cn1nc(Cc2ccccc2)c(C2CCC2)c1NC(=O)C[C@@H]1CC(F)(F)C1(F)F. The molecule has 0 radical (unpaired) electrons. The van der Waals surface area contributed by atoms with Crippen molar-refractivity contribution in [2.75, 3.05) is 5.32 Å². The van der Waals surface area contributed by atoms with Crippen LogP contribution in [0.3, 0.4) is 0 Å². The standard InChI is InChI=1S/C21H23F4N3O/c1-28-19(26-17(29)11-15-12-20(22,23)21(15,24)25)18(14-8-5-9-14)16(27-28)10-13-6-3-2-4-7-13/h2-4,6-7,14-15H,5,8-12H2,1H3,(H,26,29)/t15-/m1/s1. The molecule has 1 N–H and O–H groups in total. The van der Waals surface area contributed by atoms with Crippen molar-refractivity contribution in [2.24, 2.45) is 13.0 Å². The molecule has 2 fully saturated rings. The fraction of sp³-hybridized carbons (Fsp3) is 0.524. The summed E-state index contributed by atoms with van der Waals surface area (Å²) < 4.78 is 54.7. The van der Waals surface area contributed by atoms with Crippen LogP contribution in [0.25, 0.3) is 0 Å². The van der Waals surface area contributed by atoms with Gasteiger partial charge in [0.25, 0.3) is 0 Å². The molecule has 4 nitrogen and oxygen atoms in total. The highest BCUT2D eigenvalue weighted by atomic mass is 19.3. The van der Waals surface area contributed by atoms with Gasteiger partial charge in [0, 0.05) is 37.8 Å². The van der Waals surface area contributed by atoms with Crippen LogP contribution in [0.2, 0.25) is 0 Å². The predicted molar refractivity (Wildman–Crippen MR) is 100 cm³/mol. The molecule has 0 bridgehead atoms. The summed E-state index contributed by atoms with van der Waals surface area (Å²) in [5.41, 5.74) is 2.86. The fourth-order valence-corrected chi connectivity index (χ4v) is 4.14. The van der Waals surface area contributed by atoms with Gasteiger partial charge in [-0.15, -0.1) is 0 Å². The number of hydrogen-bond donors (Lipinski definition) is 1. The molecule has 1 atom stereocenters. The summed E-state index contributed by atoms with van der Waals surface area (Å²) in [5, 5.41) is 7.24. The minimum absolute atomic E-state index is 0.257. The molecular weight excluding hydrogens is 386 g/mol. The van der Waals surface area contributed by atoms with Crippen LogP contribution in [-0.4, -0.2) is 27.5 Å². The average Bonchev–Trinajstić information content (AvgIpc) is 2.89. The maximum absolute atomic E-state index is 13.5. The lowest BCUT2D eigenvalue weighted by Gasteiger charge is -2.43. The number of carbonyl (C=O) groups excluding carboxylic acids is 1. The van der Waals surface area contributed by atoms with Crippen LogP contribution in [0.1, 0.15) is 54.8 Å². The maximum Gasteiger partial charge on any atom is 0.313 e. The number of carbonyl (C=O) groups is 1. The van der Waals surface area contributed by atoms with Crippen LogP contribution >= 0.6 is 0 Å². The molecular formula is C21H23F4N3O. The molecule has 4 rings (SSSR count). The van der Waals surface area contributed by atoms with E-state index in [2.05, 4.69) is 10.4 Å². The Bertz CT molecular complexity index is 906. The van der Waals surface area contributed by atoms with Crippen LogP contribution in [0.4, 0.5) is 23.4 Å². The smallest absolute Gasteiger partial charge is 0.311 e. The first-order valence-corrected chi connectivity index (χ1v) is 9.84. The molecule has 0 unspecified atom stereocenters. The predicted octanol–water partition coefficient (Wildman–Crippen LogP) is 4.90. The van der Waals surface area contributed by atoms with E-state index in [1.54, 1.807) is 11.7 Å². The first-order chi connectivity index (χ1) is 13.7. The largest absolute Gasteiger partial charge is 0.313 e. The molecule has 1 heterocycles. The minimum Gasteiger partial charge on any atom is -0.311 e. The van der Waals surface area contributed by atoms with E-state index in [0.717, 1.165) is 36.1 Å². The van der Waals surface area contributed by atoms with Crippen LogP contribution in [0, 0.1) is 5.92 Å². The first-order valence-electron chi connectivity index (χ1n) is 9.84. The van der Waals surface area contributed by atoms with Crippen molar-refractivity contribution in [2.45, 2.75) is 56.3 Å². The number of nitrogens with zero attached hydrogens (tertiary/aromatic N) is 2. The van der Waals surface area contributed by atoms with Gasteiger partial charge in [0.1, 0.15) is 5.82 Å². The molecule has 8 heteroatoms. The zero-order valence-electron chi connectivity index (χ0n) is 16.1. The molecule has 2 aliphatic carbocycles. The third kappa shape index (κ3) is 3.53. The van der Waals surface area contributed by atoms with Gasteiger partial charge >= 0.3 is 11.8 Å². The summed E-state index contributed by atoms with van der Waals surface area (Å²) in [6.45, 7) is 0. The molecule has 2 aromatic rings. The topological polar surface area (TPSA) is 46.9 Å². The Labute approximate surface area is 166 Å². The van der Waals surface area contributed by atoms with Crippen molar-refractivity contribution in [3.8, 4) is 0 Å². The van der Waals surface area contributed by atoms with Crippen LogP contribution in [0.5, 0.6) is 0 Å². The second kappa shape index (κ2) is 7.15. The van der Waals surface area contributed by atoms with Gasteiger partial charge in [-0.25, -0.2) is 0 Å². The van der Waals surface area contributed by atoms with E-state index in [0.29, 0.717) is 12.2 Å². The van der Waals surface area contributed by atoms with Gasteiger partial charge in [0.05, 0.1) is 5.69 Å². The third-order valence-electron chi connectivity index (χ3n) is 6.08. The second-order valence-electron chi connectivity index (χ2n) is 8.10. The highest BCUT2D eigenvalue weighted by molar-refractivity contribution is 5.91. The minimum atomic E-state index is -4.13. The summed E-state index contributed by atoms with van der Waals surface area (Å²) in [6, 6.07) is 9.81. The highest BCUT2D eigenvalue weighted by Gasteiger charge is 2.71. The summed E-state index contributed by atoms with van der Waals surface area (Å²) in [7, 11) is 1.69. The van der Waals surface area contributed by atoms with Gasteiger partial charge in [0.2, 0.25) is 5.91 Å². The number of anilines is 1. The molecule has 0 saturated heterocycles. The Balaban J connectivity index is 1.53. The van der Waals surface area contributed by atoms with E-state index in [1.165, 1.54) is 0 Å². The number of benzene rings is 1. The van der Waals surface area contributed by atoms with Crippen molar-refractivity contribution in [1.29, 1.82) is 0 Å². The lowest BCUT2D eigenvalue weighted by atomic mass is 9.74. The molecule has 29 heavy (non-hydrogen) atoms. The number of nitrogens with one attached hydrogen (secondary N) is 1. The van der Waals surface area contributed by atoms with E-state index in [4.69, 9.17) is 0 Å². The Morgan fingerprint density at radius 2 is 1.90 bits per heavy atom. The molecule has 2 saturated carbocycles. The molecule has 1 amide bonds. The number of alkyl halides is 4. The van der Waals surface area contributed by atoms with Gasteiger partial charge in [-0.2, -0.15) is 22.7 Å². The Morgan fingerprint density at radius 1 is 1.21 bits per heavy atom. The number of hydrogen-bond acceptors (Lipinski definition) is 2. The lowest BCUT2D eigenvalue weighted by Crippen LogP contribution is -2.59. The van der Waals surface area contributed by atoms with E-state index < -0.39 is 36.5 Å². The molecule has 1 aromatic carbocycles. The van der Waals surface area contributed by atoms with Crippen molar-refractivity contribution < 1.29 is 22.4 Å². The van der Waals surface area contributed by atoms with E-state index >= 15 is 0 Å². The normalized spacial score (nSPS) is 22.6. The molecule has 1 aromatic heterocycles. The summed E-state index contributed by atoms with van der Waals surface area (Å²) in [5.74, 6) is -9.73. The van der Waals surface area contributed by atoms with Crippen molar-refractivity contribution >= 4 is 11.7 Å². The number of rotatable bonds is 6.